The minimum absolute atomic E-state index is 0. The highest BCUT2D eigenvalue weighted by molar-refractivity contribution is 9.09. The average molecular weight is 1090 g/mol. The van der Waals surface area contributed by atoms with Gasteiger partial charge in [-0.1, -0.05) is 44.6 Å². The molecule has 0 aliphatic heterocycles. The molecule has 0 amide bonds. The van der Waals surface area contributed by atoms with E-state index in [2.05, 4.69) is 45.1 Å². The van der Waals surface area contributed by atoms with E-state index in [0.717, 1.165) is 88.4 Å². The molecule has 8 aliphatic rings. The summed E-state index contributed by atoms with van der Waals surface area (Å²) in [6.07, 6.45) is 27.3. The van der Waals surface area contributed by atoms with Crippen LogP contribution in [0.5, 0.6) is 11.5 Å². The van der Waals surface area contributed by atoms with Crippen LogP contribution in [0.3, 0.4) is 0 Å². The number of hydrogen-bond donors (Lipinski definition) is 3. The monoisotopic (exact) mass is 1080 g/mol. The molecule has 0 bridgehead atoms. The number of aliphatic hydroxyl groups is 2. The molecule has 2 aromatic rings. The van der Waals surface area contributed by atoms with Crippen molar-refractivity contribution in [3.05, 3.63) is 24.8 Å². The van der Waals surface area contributed by atoms with Gasteiger partial charge >= 0.3 is 0 Å². The molecule has 8 aliphatic carbocycles. The van der Waals surface area contributed by atoms with Crippen molar-refractivity contribution in [3.8, 4) is 11.5 Å². The van der Waals surface area contributed by atoms with Crippen molar-refractivity contribution in [2.75, 3.05) is 32.8 Å². The van der Waals surface area contributed by atoms with Gasteiger partial charge in [-0.2, -0.15) is 10.2 Å². The molecular weight excluding hydrogens is 985 g/mol. The molecule has 0 unspecified atom stereocenters. The third-order valence-corrected chi connectivity index (χ3v) is 21.7. The predicted molar refractivity (Wildman–Crippen MR) is 294 cm³/mol. The molecule has 0 aromatic carbocycles. The number of rotatable bonds is 13. The fourth-order valence-corrected chi connectivity index (χ4v) is 18.7. The number of alkyl halides is 1. The van der Waals surface area contributed by atoms with Crippen LogP contribution >= 0.6 is 15.9 Å². The quantitative estimate of drug-likeness (QED) is 0.165. The van der Waals surface area contributed by atoms with E-state index in [1.54, 1.807) is 23.3 Å². The third kappa shape index (κ3) is 11.9. The van der Waals surface area contributed by atoms with Gasteiger partial charge in [0.1, 0.15) is 5.78 Å². The van der Waals surface area contributed by atoms with Crippen molar-refractivity contribution < 1.29 is 38.7 Å². The molecule has 416 valence electrons. The summed E-state index contributed by atoms with van der Waals surface area (Å²) in [5, 5.41) is 32.9. The zero-order valence-corrected chi connectivity index (χ0v) is 46.9. The van der Waals surface area contributed by atoms with Crippen LogP contribution in [-0.4, -0.2) is 97.9 Å². The van der Waals surface area contributed by atoms with E-state index in [9.17, 15) is 19.8 Å². The smallest absolute Gasteiger partial charge is 0.157 e. The van der Waals surface area contributed by atoms with Crippen LogP contribution in [0, 0.1) is 80.8 Å². The Kier molecular flexibility index (Phi) is 19.5. The highest BCUT2D eigenvalue weighted by Gasteiger charge is 2.65. The van der Waals surface area contributed by atoms with Crippen LogP contribution in [0.4, 0.5) is 0 Å². The largest absolute Gasteiger partial charge is 0.488 e. The fourth-order valence-electron chi connectivity index (χ4n) is 18.3. The summed E-state index contributed by atoms with van der Waals surface area (Å²) >= 11 is 3.43. The van der Waals surface area contributed by atoms with Crippen LogP contribution in [0.2, 0.25) is 0 Å². The van der Waals surface area contributed by atoms with Crippen LogP contribution < -0.4 is 9.47 Å². The van der Waals surface area contributed by atoms with Crippen LogP contribution in [0.15, 0.2) is 24.8 Å². The molecular formula is C60H101BrN4O8. The Balaban J connectivity index is 0.000000203. The van der Waals surface area contributed by atoms with Gasteiger partial charge in [-0.15, -0.1) is 0 Å². The predicted octanol–water partition coefficient (Wildman–Crippen LogP) is 12.7. The molecule has 0 spiro atoms. The second-order valence-electron chi connectivity index (χ2n) is 26.1. The van der Waals surface area contributed by atoms with Crippen molar-refractivity contribution in [2.24, 2.45) is 80.8 Å². The van der Waals surface area contributed by atoms with Crippen molar-refractivity contribution in [1.82, 2.24) is 20.0 Å². The number of aromatic nitrogens is 4. The van der Waals surface area contributed by atoms with Gasteiger partial charge in [-0.05, 0) is 226 Å². The Morgan fingerprint density at radius 1 is 0.658 bits per heavy atom. The maximum atomic E-state index is 13.6. The number of halogens is 1. The number of aromatic amines is 1. The standard InChI is InChI=1S/C29H46N2O4.C23H37BrO3.C6H10N2O.2CH4/c1-19(2)35-21-15-30-31(16-21)17-26(32)25-9-8-23-22-7-6-20-14-27(3,33)12-13-29(20,18-34-5)24(22)10-11-28(23,25)4;1-21(26)10-11-23(14-27-3)15(12-21)4-5-16-17-6-7-19(20(25)13-24)22(17,2)9-8-18(16)23;1-5(2)9-6-3-7-8-4-6;;/h15-16,19-20,22-25,33H,6-14,17-18H2,1-5H3;15-19,26H,4-14H2,1-3H3;3-5H,1-2H3,(H,7,8);2*1H4/t20-,22+,23+,24+,25-,27-,28+,29-;15-,16+,17+,18+,19-,21-,22+,23-;;;/m11.../s1. The molecule has 13 heteroatoms. The Labute approximate surface area is 449 Å². The molecule has 3 N–H and O–H groups in total. The number of nitrogens with one attached hydrogen (secondary N) is 1. The molecule has 16 atom stereocenters. The minimum atomic E-state index is -0.532. The van der Waals surface area contributed by atoms with Gasteiger partial charge < -0.3 is 29.2 Å². The van der Waals surface area contributed by atoms with Gasteiger partial charge in [0.05, 0.1) is 73.3 Å². The highest BCUT2D eigenvalue weighted by Crippen LogP contribution is 2.70. The molecule has 12 nitrogen and oxygen atoms in total. The number of carbonyl (C=O) groups excluding carboxylic acids is 2. The fraction of sp³-hybridized carbons (Fsp3) is 0.867. The molecule has 10 rings (SSSR count). The number of ether oxygens (including phenoxy) is 4. The molecule has 73 heavy (non-hydrogen) atoms. The number of hydrogen-bond acceptors (Lipinski definition) is 10. The Morgan fingerprint density at radius 3 is 1.58 bits per heavy atom. The molecule has 0 radical (unpaired) electrons. The first kappa shape index (κ1) is 59.9. The topological polar surface area (TPSA) is 158 Å². The summed E-state index contributed by atoms with van der Waals surface area (Å²) in [6.45, 7) is 18.9. The van der Waals surface area contributed by atoms with Crippen molar-refractivity contribution in [2.45, 2.75) is 216 Å². The second-order valence-corrected chi connectivity index (χ2v) is 26.7. The van der Waals surface area contributed by atoms with Crippen molar-refractivity contribution in [1.29, 1.82) is 0 Å². The zero-order chi connectivity index (χ0) is 51.1. The van der Waals surface area contributed by atoms with E-state index < -0.39 is 11.2 Å². The Bertz CT molecular complexity index is 2090. The summed E-state index contributed by atoms with van der Waals surface area (Å²) in [7, 11) is 3.71. The summed E-state index contributed by atoms with van der Waals surface area (Å²) in [6, 6.07) is 0. The van der Waals surface area contributed by atoms with E-state index in [4.69, 9.17) is 18.9 Å². The van der Waals surface area contributed by atoms with Gasteiger partial charge in [0.15, 0.2) is 17.3 Å². The molecule has 0 saturated heterocycles. The first-order chi connectivity index (χ1) is 33.6. The molecule has 2 aromatic heterocycles. The number of carbonyl (C=O) groups is 2. The number of nitrogens with zero attached hydrogens (tertiary/aromatic N) is 3. The average Bonchev–Trinajstić information content (AvgIpc) is 4.13. The van der Waals surface area contributed by atoms with Gasteiger partial charge in [-0.3, -0.25) is 19.4 Å². The Morgan fingerprint density at radius 2 is 1.14 bits per heavy atom. The van der Waals surface area contributed by atoms with Crippen molar-refractivity contribution >= 4 is 27.5 Å². The number of methoxy groups -OCH3 is 2. The van der Waals surface area contributed by atoms with Crippen LogP contribution in [0.25, 0.3) is 0 Å². The lowest BCUT2D eigenvalue weighted by atomic mass is 9.43. The first-order valence-corrected chi connectivity index (χ1v) is 29.1. The van der Waals surface area contributed by atoms with E-state index in [1.807, 2.05) is 62.0 Å². The Hall–Kier alpha value is -2.32. The minimum Gasteiger partial charge on any atom is -0.488 e. The lowest BCUT2D eigenvalue weighted by Gasteiger charge is -2.62. The van der Waals surface area contributed by atoms with Gasteiger partial charge in [0.2, 0.25) is 0 Å². The maximum absolute atomic E-state index is 13.6. The third-order valence-electron chi connectivity index (χ3n) is 21.2. The molecule has 2 heterocycles. The second kappa shape index (κ2) is 23.7. The van der Waals surface area contributed by atoms with Crippen LogP contribution in [-0.2, 0) is 25.6 Å². The SMILES string of the molecule is C.C.CC(C)Oc1cn[nH]c1.COC[C@]12CC[C@@](C)(O)C[C@H]1CC[C@H]1[C@@H]3CC[C@H](C(=O)CBr)[C@@]3(C)CC[C@@H]12.COC[C@]12CC[C@@](C)(O)C[C@H]1CC[C@H]1[C@@H]3CC[C@H](C(=O)Cn4cc(OC(C)C)cn4)[C@@]3(C)CC[C@@H]12. The van der Waals surface area contributed by atoms with E-state index in [1.165, 1.54) is 57.8 Å². The molecule has 8 saturated carbocycles. The van der Waals surface area contributed by atoms with Crippen molar-refractivity contribution in [3.63, 3.8) is 0 Å². The summed E-state index contributed by atoms with van der Waals surface area (Å²) in [5.74, 6) is 7.91. The number of fused-ring (bicyclic) bond motifs is 10. The number of Topliss-reactive ketones (excluding diaryl/α,β-unsaturated/α-hetero) is 2. The van der Waals surface area contributed by atoms with E-state index in [-0.39, 0.29) is 60.6 Å². The lowest BCUT2D eigenvalue weighted by molar-refractivity contribution is -0.175. The maximum Gasteiger partial charge on any atom is 0.157 e. The van der Waals surface area contributed by atoms with Crippen LogP contribution in [0.1, 0.15) is 186 Å². The number of ketones is 2. The zero-order valence-electron chi connectivity index (χ0n) is 45.4. The first-order valence-electron chi connectivity index (χ1n) is 28.0. The lowest BCUT2D eigenvalue weighted by Crippen LogP contribution is -2.58. The van der Waals surface area contributed by atoms with E-state index in [0.29, 0.717) is 64.9 Å². The molecule has 8 fully saturated rings. The van der Waals surface area contributed by atoms with Gasteiger partial charge in [0, 0.05) is 26.1 Å². The summed E-state index contributed by atoms with van der Waals surface area (Å²) in [5.41, 5.74) is -0.296. The van der Waals surface area contributed by atoms with Gasteiger partial charge in [0.25, 0.3) is 0 Å². The highest BCUT2D eigenvalue weighted by atomic mass is 79.9. The van der Waals surface area contributed by atoms with Gasteiger partial charge in [-0.25, -0.2) is 0 Å². The van der Waals surface area contributed by atoms with E-state index >= 15 is 0 Å². The summed E-state index contributed by atoms with van der Waals surface area (Å²) < 4.78 is 24.5. The summed E-state index contributed by atoms with van der Waals surface area (Å²) in [4.78, 5) is 26.2. The number of H-pyrrole nitrogens is 1. The normalized spacial score (nSPS) is 41.0.